The number of nitrogens with zero attached hydrogens (tertiary/aromatic N) is 3. The van der Waals surface area contributed by atoms with E-state index in [9.17, 15) is 0 Å². The van der Waals surface area contributed by atoms with Gasteiger partial charge in [-0.25, -0.2) is 9.67 Å². The van der Waals surface area contributed by atoms with Crippen molar-refractivity contribution in [2.24, 2.45) is 0 Å². The van der Waals surface area contributed by atoms with Crippen LogP contribution in [-0.2, 0) is 11.3 Å². The molecule has 16 heavy (non-hydrogen) atoms. The van der Waals surface area contributed by atoms with Crippen LogP contribution < -0.4 is 5.32 Å². The molecular weight excluding hydrogens is 204 g/mol. The summed E-state index contributed by atoms with van der Waals surface area (Å²) in [7, 11) is 1.72. The molecule has 1 rings (SSSR count). The monoisotopic (exact) mass is 226 g/mol. The Bertz CT molecular complexity index is 320. The predicted molar refractivity (Wildman–Crippen MR) is 63.2 cm³/mol. The first-order chi connectivity index (χ1) is 7.46. The van der Waals surface area contributed by atoms with Crippen LogP contribution in [-0.4, -0.2) is 34.0 Å². The van der Waals surface area contributed by atoms with Crippen LogP contribution in [0.3, 0.4) is 0 Å². The molecule has 92 valence electrons. The minimum atomic E-state index is -0.150. The number of rotatable bonds is 6. The average Bonchev–Trinajstić information content (AvgIpc) is 2.66. The zero-order valence-electron chi connectivity index (χ0n) is 10.8. The first-order valence-corrected chi connectivity index (χ1v) is 5.60. The molecule has 5 heteroatoms. The Morgan fingerprint density at radius 3 is 2.75 bits per heavy atom. The fourth-order valence-electron chi connectivity index (χ4n) is 1.38. The van der Waals surface area contributed by atoms with Crippen molar-refractivity contribution in [3.63, 3.8) is 0 Å². The summed E-state index contributed by atoms with van der Waals surface area (Å²) in [5.41, 5.74) is -0.150. The van der Waals surface area contributed by atoms with Crippen molar-refractivity contribution in [2.45, 2.75) is 45.9 Å². The lowest BCUT2D eigenvalue weighted by atomic mass is 10.1. The molecule has 0 spiro atoms. The third-order valence-corrected chi connectivity index (χ3v) is 2.52. The van der Waals surface area contributed by atoms with E-state index in [4.69, 9.17) is 4.74 Å². The second-order valence-corrected chi connectivity index (χ2v) is 4.78. The van der Waals surface area contributed by atoms with Gasteiger partial charge in [0.25, 0.3) is 0 Å². The van der Waals surface area contributed by atoms with Crippen LogP contribution in [0.1, 0.15) is 39.6 Å². The Labute approximate surface area is 97.2 Å². The third kappa shape index (κ3) is 3.57. The molecule has 0 radical (unpaired) electrons. The van der Waals surface area contributed by atoms with E-state index in [0.717, 1.165) is 12.4 Å². The first-order valence-electron chi connectivity index (χ1n) is 5.60. The van der Waals surface area contributed by atoms with Gasteiger partial charge in [-0.15, -0.1) is 0 Å². The van der Waals surface area contributed by atoms with E-state index >= 15 is 0 Å². The van der Waals surface area contributed by atoms with Crippen molar-refractivity contribution in [2.75, 3.05) is 13.7 Å². The average molecular weight is 226 g/mol. The van der Waals surface area contributed by atoms with Crippen LogP contribution in [0, 0.1) is 0 Å². The maximum absolute atomic E-state index is 5.33. The molecule has 1 N–H and O–H groups in total. The number of nitrogens with one attached hydrogen (secondary N) is 1. The Morgan fingerprint density at radius 1 is 1.50 bits per heavy atom. The second kappa shape index (κ2) is 5.41. The summed E-state index contributed by atoms with van der Waals surface area (Å²) in [4.78, 5) is 4.23. The maximum Gasteiger partial charge on any atom is 0.141 e. The van der Waals surface area contributed by atoms with Gasteiger partial charge in [-0.05, 0) is 27.7 Å². The van der Waals surface area contributed by atoms with Crippen molar-refractivity contribution in [3.8, 4) is 0 Å². The quantitative estimate of drug-likeness (QED) is 0.796. The van der Waals surface area contributed by atoms with Crippen molar-refractivity contribution >= 4 is 0 Å². The van der Waals surface area contributed by atoms with E-state index in [-0.39, 0.29) is 5.60 Å². The summed E-state index contributed by atoms with van der Waals surface area (Å²) in [5.74, 6) is 0.960. The zero-order valence-corrected chi connectivity index (χ0v) is 10.8. The highest BCUT2D eigenvalue weighted by Gasteiger charge is 2.16. The summed E-state index contributed by atoms with van der Waals surface area (Å²) in [6, 6.07) is 0.342. The highest BCUT2D eigenvalue weighted by atomic mass is 16.5. The van der Waals surface area contributed by atoms with Gasteiger partial charge in [0, 0.05) is 19.7 Å². The minimum Gasteiger partial charge on any atom is -0.377 e. The Hall–Kier alpha value is -0.940. The third-order valence-electron chi connectivity index (χ3n) is 2.52. The molecule has 1 heterocycles. The van der Waals surface area contributed by atoms with E-state index in [1.807, 2.05) is 18.5 Å². The van der Waals surface area contributed by atoms with Gasteiger partial charge in [0.15, 0.2) is 0 Å². The van der Waals surface area contributed by atoms with Gasteiger partial charge < -0.3 is 10.1 Å². The molecule has 0 fully saturated rings. The SMILES string of the molecule is COC(C)(C)CNCc1ncnn1C(C)C. The van der Waals surface area contributed by atoms with Crippen LogP contribution in [0.15, 0.2) is 6.33 Å². The lowest BCUT2D eigenvalue weighted by Gasteiger charge is -2.23. The van der Waals surface area contributed by atoms with Gasteiger partial charge in [-0.2, -0.15) is 5.10 Å². The summed E-state index contributed by atoms with van der Waals surface area (Å²) in [6.07, 6.45) is 1.60. The number of ether oxygens (including phenoxy) is 1. The summed E-state index contributed by atoms with van der Waals surface area (Å²) < 4.78 is 7.25. The number of aromatic nitrogens is 3. The van der Waals surface area contributed by atoms with Gasteiger partial charge in [0.2, 0.25) is 0 Å². The van der Waals surface area contributed by atoms with Crippen LogP contribution in [0.25, 0.3) is 0 Å². The van der Waals surface area contributed by atoms with Crippen LogP contribution in [0.5, 0.6) is 0 Å². The molecule has 0 saturated carbocycles. The van der Waals surface area contributed by atoms with E-state index in [0.29, 0.717) is 12.6 Å². The molecule has 0 aliphatic heterocycles. The van der Waals surface area contributed by atoms with Gasteiger partial charge in [-0.3, -0.25) is 0 Å². The molecule has 0 aliphatic carbocycles. The highest BCUT2D eigenvalue weighted by Crippen LogP contribution is 2.07. The maximum atomic E-state index is 5.33. The Balaban J connectivity index is 2.46. The molecule has 1 aromatic rings. The van der Waals surface area contributed by atoms with E-state index in [1.54, 1.807) is 13.4 Å². The van der Waals surface area contributed by atoms with Gasteiger partial charge >= 0.3 is 0 Å². The highest BCUT2D eigenvalue weighted by molar-refractivity contribution is 4.86. The number of hydrogen-bond donors (Lipinski definition) is 1. The lowest BCUT2D eigenvalue weighted by molar-refractivity contribution is 0.0228. The molecule has 1 aromatic heterocycles. The molecule has 0 saturated heterocycles. The fourth-order valence-corrected chi connectivity index (χ4v) is 1.38. The van der Waals surface area contributed by atoms with Gasteiger partial charge in [0.05, 0.1) is 12.1 Å². The van der Waals surface area contributed by atoms with E-state index in [2.05, 4.69) is 29.2 Å². The topological polar surface area (TPSA) is 52.0 Å². The van der Waals surface area contributed by atoms with Crippen molar-refractivity contribution in [1.82, 2.24) is 20.1 Å². The Kier molecular flexibility index (Phi) is 4.44. The fraction of sp³-hybridized carbons (Fsp3) is 0.818. The normalized spacial score (nSPS) is 12.4. The smallest absolute Gasteiger partial charge is 0.141 e. The minimum absolute atomic E-state index is 0.150. The second-order valence-electron chi connectivity index (χ2n) is 4.78. The molecule has 0 aromatic carbocycles. The van der Waals surface area contributed by atoms with Crippen molar-refractivity contribution < 1.29 is 4.74 Å². The molecule has 0 amide bonds. The van der Waals surface area contributed by atoms with Gasteiger partial charge in [0.1, 0.15) is 12.2 Å². The predicted octanol–water partition coefficient (Wildman–Crippen LogP) is 1.37. The molecule has 0 unspecified atom stereocenters. The standard InChI is InChI=1S/C11H22N4O/c1-9(2)15-10(13-8-14-15)6-12-7-11(3,4)16-5/h8-9,12H,6-7H2,1-5H3. The van der Waals surface area contributed by atoms with Crippen molar-refractivity contribution in [1.29, 1.82) is 0 Å². The molecule has 0 atom stereocenters. The zero-order chi connectivity index (χ0) is 12.2. The van der Waals surface area contributed by atoms with Gasteiger partial charge in [-0.1, -0.05) is 0 Å². The van der Waals surface area contributed by atoms with E-state index in [1.165, 1.54) is 0 Å². The summed E-state index contributed by atoms with van der Waals surface area (Å²) >= 11 is 0. The van der Waals surface area contributed by atoms with E-state index < -0.39 is 0 Å². The first kappa shape index (κ1) is 13.1. The molecule has 0 aliphatic rings. The van der Waals surface area contributed by atoms with Crippen LogP contribution in [0.4, 0.5) is 0 Å². The summed E-state index contributed by atoms with van der Waals surface area (Å²) in [5, 5.41) is 7.51. The molecule has 0 bridgehead atoms. The number of methoxy groups -OCH3 is 1. The van der Waals surface area contributed by atoms with Crippen LogP contribution >= 0.6 is 0 Å². The van der Waals surface area contributed by atoms with Crippen LogP contribution in [0.2, 0.25) is 0 Å². The largest absolute Gasteiger partial charge is 0.377 e. The van der Waals surface area contributed by atoms with Crippen molar-refractivity contribution in [3.05, 3.63) is 12.2 Å². The Morgan fingerprint density at radius 2 is 2.19 bits per heavy atom. The summed E-state index contributed by atoms with van der Waals surface area (Å²) in [6.45, 7) is 9.79. The molecular formula is C11H22N4O. The molecule has 5 nitrogen and oxygen atoms in total. The number of hydrogen-bond acceptors (Lipinski definition) is 4. The lowest BCUT2D eigenvalue weighted by Crippen LogP contribution is -2.36.